The van der Waals surface area contributed by atoms with E-state index in [4.69, 9.17) is 9.47 Å². The molecule has 1 aliphatic heterocycles. The lowest BCUT2D eigenvalue weighted by Gasteiger charge is -2.38. The van der Waals surface area contributed by atoms with Crippen LogP contribution in [0.2, 0.25) is 0 Å². The Morgan fingerprint density at radius 2 is 2.25 bits per heavy atom. The molecular formula is C12H26N2O2. The first-order valence-corrected chi connectivity index (χ1v) is 6.25. The van der Waals surface area contributed by atoms with E-state index >= 15 is 0 Å². The second-order valence-corrected chi connectivity index (χ2v) is 4.66. The fourth-order valence-electron chi connectivity index (χ4n) is 2.18. The van der Waals surface area contributed by atoms with Crippen LogP contribution in [0.25, 0.3) is 0 Å². The Balaban J connectivity index is 2.41. The highest BCUT2D eigenvalue weighted by atomic mass is 16.5. The molecule has 4 nitrogen and oxygen atoms in total. The van der Waals surface area contributed by atoms with Gasteiger partial charge in [0.2, 0.25) is 0 Å². The Kier molecular flexibility index (Phi) is 6.28. The maximum absolute atomic E-state index is 5.63. The Hall–Kier alpha value is -0.160. The summed E-state index contributed by atoms with van der Waals surface area (Å²) >= 11 is 0. The molecule has 3 unspecified atom stereocenters. The largest absolute Gasteiger partial charge is 0.383 e. The Labute approximate surface area is 99.3 Å². The predicted molar refractivity (Wildman–Crippen MR) is 65.8 cm³/mol. The first-order chi connectivity index (χ1) is 7.67. The fraction of sp³-hybridized carbons (Fsp3) is 1.00. The van der Waals surface area contributed by atoms with Crippen LogP contribution in [0.4, 0.5) is 0 Å². The highest BCUT2D eigenvalue weighted by molar-refractivity contribution is 4.80. The summed E-state index contributed by atoms with van der Waals surface area (Å²) in [6.45, 7) is 11.2. The lowest BCUT2D eigenvalue weighted by atomic mass is 10.1. The van der Waals surface area contributed by atoms with Crippen LogP contribution < -0.4 is 5.32 Å². The average molecular weight is 230 g/mol. The molecular weight excluding hydrogens is 204 g/mol. The molecule has 1 heterocycles. The van der Waals surface area contributed by atoms with Gasteiger partial charge in [0.05, 0.1) is 19.3 Å². The zero-order valence-corrected chi connectivity index (χ0v) is 11.0. The molecule has 0 aromatic carbocycles. The van der Waals surface area contributed by atoms with Gasteiger partial charge >= 0.3 is 0 Å². The average Bonchev–Trinajstić information content (AvgIpc) is 2.24. The van der Waals surface area contributed by atoms with Crippen molar-refractivity contribution in [2.75, 3.05) is 40.0 Å². The molecule has 96 valence electrons. The molecule has 1 saturated heterocycles. The quantitative estimate of drug-likeness (QED) is 0.729. The minimum absolute atomic E-state index is 0.348. The summed E-state index contributed by atoms with van der Waals surface area (Å²) in [6, 6.07) is 0.928. The van der Waals surface area contributed by atoms with Crippen molar-refractivity contribution in [3.63, 3.8) is 0 Å². The third-order valence-electron chi connectivity index (χ3n) is 3.05. The van der Waals surface area contributed by atoms with Crippen LogP contribution in [0.3, 0.4) is 0 Å². The number of hydrogen-bond acceptors (Lipinski definition) is 4. The van der Waals surface area contributed by atoms with Gasteiger partial charge in [-0.3, -0.25) is 4.90 Å². The number of hydrogen-bond donors (Lipinski definition) is 1. The van der Waals surface area contributed by atoms with E-state index in [1.165, 1.54) is 0 Å². The molecule has 4 heteroatoms. The van der Waals surface area contributed by atoms with Gasteiger partial charge < -0.3 is 14.8 Å². The SMILES string of the molecule is CCNC(COC)CN1CC(C)OCC1C. The Morgan fingerprint density at radius 1 is 1.50 bits per heavy atom. The molecule has 1 aliphatic rings. The number of likely N-dealkylation sites (N-methyl/N-ethyl adjacent to an activating group) is 1. The van der Waals surface area contributed by atoms with Crippen molar-refractivity contribution in [1.29, 1.82) is 0 Å². The maximum atomic E-state index is 5.63. The van der Waals surface area contributed by atoms with Crippen LogP contribution in [0.15, 0.2) is 0 Å². The van der Waals surface area contributed by atoms with Crippen LogP contribution >= 0.6 is 0 Å². The number of nitrogens with one attached hydrogen (secondary N) is 1. The lowest BCUT2D eigenvalue weighted by molar-refractivity contribution is -0.0542. The second-order valence-electron chi connectivity index (χ2n) is 4.66. The van der Waals surface area contributed by atoms with Gasteiger partial charge in [-0.15, -0.1) is 0 Å². The van der Waals surface area contributed by atoms with Gasteiger partial charge in [-0.25, -0.2) is 0 Å². The Bertz CT molecular complexity index is 184. The molecule has 0 spiro atoms. The van der Waals surface area contributed by atoms with E-state index in [1.54, 1.807) is 7.11 Å². The van der Waals surface area contributed by atoms with Gasteiger partial charge in [0.25, 0.3) is 0 Å². The van der Waals surface area contributed by atoms with Gasteiger partial charge in [0, 0.05) is 32.3 Å². The zero-order valence-electron chi connectivity index (χ0n) is 11.0. The van der Waals surface area contributed by atoms with Crippen molar-refractivity contribution in [2.24, 2.45) is 0 Å². The van der Waals surface area contributed by atoms with Crippen LogP contribution in [0.1, 0.15) is 20.8 Å². The monoisotopic (exact) mass is 230 g/mol. The lowest BCUT2D eigenvalue weighted by Crippen LogP contribution is -2.53. The molecule has 3 atom stereocenters. The summed E-state index contributed by atoms with van der Waals surface area (Å²) in [5, 5.41) is 3.46. The molecule has 1 N–H and O–H groups in total. The summed E-state index contributed by atoms with van der Waals surface area (Å²) in [4.78, 5) is 2.49. The van der Waals surface area contributed by atoms with Crippen molar-refractivity contribution in [3.05, 3.63) is 0 Å². The van der Waals surface area contributed by atoms with E-state index in [1.807, 2.05) is 0 Å². The molecule has 1 fully saturated rings. The van der Waals surface area contributed by atoms with E-state index in [9.17, 15) is 0 Å². The van der Waals surface area contributed by atoms with E-state index in [0.29, 0.717) is 18.2 Å². The minimum atomic E-state index is 0.348. The standard InChI is InChI=1S/C12H26N2O2/c1-5-13-12(9-15-4)7-14-6-11(3)16-8-10(14)2/h10-13H,5-9H2,1-4H3. The highest BCUT2D eigenvalue weighted by Crippen LogP contribution is 2.11. The van der Waals surface area contributed by atoms with Crippen molar-refractivity contribution in [2.45, 2.75) is 39.0 Å². The van der Waals surface area contributed by atoms with Crippen molar-refractivity contribution >= 4 is 0 Å². The van der Waals surface area contributed by atoms with Gasteiger partial charge in [-0.1, -0.05) is 6.92 Å². The van der Waals surface area contributed by atoms with Crippen molar-refractivity contribution < 1.29 is 9.47 Å². The van der Waals surface area contributed by atoms with Crippen LogP contribution in [-0.2, 0) is 9.47 Å². The van der Waals surface area contributed by atoms with Gasteiger partial charge in [0.15, 0.2) is 0 Å². The molecule has 0 amide bonds. The van der Waals surface area contributed by atoms with E-state index in [0.717, 1.165) is 32.8 Å². The fourth-order valence-corrected chi connectivity index (χ4v) is 2.18. The molecule has 0 bridgehead atoms. The second kappa shape index (κ2) is 7.22. The van der Waals surface area contributed by atoms with E-state index in [2.05, 4.69) is 31.0 Å². The van der Waals surface area contributed by atoms with E-state index < -0.39 is 0 Å². The zero-order chi connectivity index (χ0) is 12.0. The summed E-state index contributed by atoms with van der Waals surface area (Å²) in [7, 11) is 1.76. The normalized spacial score (nSPS) is 29.2. The van der Waals surface area contributed by atoms with Crippen molar-refractivity contribution in [1.82, 2.24) is 10.2 Å². The summed E-state index contributed by atoms with van der Waals surface area (Å²) in [6.07, 6.45) is 0.348. The van der Waals surface area contributed by atoms with Crippen LogP contribution in [0, 0.1) is 0 Å². The first kappa shape index (κ1) is 13.9. The summed E-state index contributed by atoms with van der Waals surface area (Å²) < 4.78 is 10.9. The predicted octanol–water partition coefficient (Wildman–Crippen LogP) is 0.720. The topological polar surface area (TPSA) is 33.7 Å². The molecule has 0 aliphatic carbocycles. The molecule has 1 rings (SSSR count). The summed E-state index contributed by atoms with van der Waals surface area (Å²) in [5.41, 5.74) is 0. The molecule has 0 aromatic rings. The highest BCUT2D eigenvalue weighted by Gasteiger charge is 2.25. The smallest absolute Gasteiger partial charge is 0.0674 e. The van der Waals surface area contributed by atoms with Crippen LogP contribution in [0.5, 0.6) is 0 Å². The van der Waals surface area contributed by atoms with Crippen molar-refractivity contribution in [3.8, 4) is 0 Å². The maximum Gasteiger partial charge on any atom is 0.0674 e. The third-order valence-corrected chi connectivity index (χ3v) is 3.05. The molecule has 16 heavy (non-hydrogen) atoms. The number of rotatable bonds is 6. The van der Waals surface area contributed by atoms with Crippen LogP contribution in [-0.4, -0.2) is 63.0 Å². The van der Waals surface area contributed by atoms with Gasteiger partial charge in [-0.2, -0.15) is 0 Å². The van der Waals surface area contributed by atoms with Gasteiger partial charge in [0.1, 0.15) is 0 Å². The Morgan fingerprint density at radius 3 is 2.88 bits per heavy atom. The summed E-state index contributed by atoms with van der Waals surface area (Å²) in [5.74, 6) is 0. The number of nitrogens with zero attached hydrogens (tertiary/aromatic N) is 1. The van der Waals surface area contributed by atoms with Gasteiger partial charge in [-0.05, 0) is 20.4 Å². The number of methoxy groups -OCH3 is 1. The van der Waals surface area contributed by atoms with E-state index in [-0.39, 0.29) is 0 Å². The molecule has 0 aromatic heterocycles. The minimum Gasteiger partial charge on any atom is -0.383 e. The molecule has 0 saturated carbocycles. The third kappa shape index (κ3) is 4.37. The first-order valence-electron chi connectivity index (χ1n) is 6.25. The number of ether oxygens (including phenoxy) is 2. The number of morpholine rings is 1. The molecule has 0 radical (unpaired) electrons.